The number of hydrogen-bond acceptors (Lipinski definition) is 5. The molecule has 0 saturated carbocycles. The van der Waals surface area contributed by atoms with E-state index >= 15 is 0 Å². The monoisotopic (exact) mass is 465 g/mol. The van der Waals surface area contributed by atoms with Crippen LogP contribution < -0.4 is 19.5 Å². The van der Waals surface area contributed by atoms with Crippen LogP contribution in [0, 0.1) is 0 Å². The number of aromatic hydroxyl groups is 1. The highest BCUT2D eigenvalue weighted by atomic mass is 35.5. The number of benzene rings is 3. The van der Waals surface area contributed by atoms with Gasteiger partial charge in [-0.3, -0.25) is 4.79 Å². The molecule has 3 aromatic rings. The first-order valence-electron chi connectivity index (χ1n) is 9.99. The van der Waals surface area contributed by atoms with Crippen molar-refractivity contribution in [1.82, 2.24) is 0 Å². The van der Waals surface area contributed by atoms with Crippen molar-refractivity contribution in [1.29, 1.82) is 0 Å². The number of nitrogens with one attached hydrogen (secondary N) is 1. The molecule has 170 valence electrons. The van der Waals surface area contributed by atoms with Crippen LogP contribution in [0.5, 0.6) is 23.0 Å². The topological polar surface area (TPSA) is 77.0 Å². The summed E-state index contributed by atoms with van der Waals surface area (Å²) in [6.07, 6.45) is 6.73. The van der Waals surface area contributed by atoms with Crippen LogP contribution in [0.2, 0.25) is 5.02 Å². The van der Waals surface area contributed by atoms with Crippen molar-refractivity contribution in [3.8, 4) is 23.0 Å². The zero-order chi connectivity index (χ0) is 23.8. The zero-order valence-electron chi connectivity index (χ0n) is 18.5. The van der Waals surface area contributed by atoms with Crippen molar-refractivity contribution in [2.75, 3.05) is 26.6 Å². The van der Waals surface area contributed by atoms with E-state index in [1.54, 1.807) is 69.9 Å². The highest BCUT2D eigenvalue weighted by Gasteiger charge is 2.12. The van der Waals surface area contributed by atoms with E-state index < -0.39 is 0 Å². The fourth-order valence-corrected chi connectivity index (χ4v) is 3.19. The van der Waals surface area contributed by atoms with E-state index in [2.05, 4.69) is 5.32 Å². The number of rotatable bonds is 8. The summed E-state index contributed by atoms with van der Waals surface area (Å²) in [5.41, 5.74) is 2.72. The van der Waals surface area contributed by atoms with Gasteiger partial charge >= 0.3 is 0 Å². The van der Waals surface area contributed by atoms with E-state index in [4.69, 9.17) is 25.8 Å². The van der Waals surface area contributed by atoms with Gasteiger partial charge in [-0.05, 0) is 59.2 Å². The molecule has 0 heterocycles. The number of amides is 1. The predicted octanol–water partition coefficient (Wildman–Crippen LogP) is 5.89. The molecular weight excluding hydrogens is 442 g/mol. The van der Waals surface area contributed by atoms with Gasteiger partial charge < -0.3 is 24.6 Å². The Labute approximate surface area is 197 Å². The number of halogens is 1. The number of ether oxygens (including phenoxy) is 3. The van der Waals surface area contributed by atoms with Gasteiger partial charge in [-0.2, -0.15) is 0 Å². The lowest BCUT2D eigenvalue weighted by atomic mass is 10.1. The molecule has 33 heavy (non-hydrogen) atoms. The molecule has 3 rings (SSSR count). The third kappa shape index (κ3) is 6.30. The summed E-state index contributed by atoms with van der Waals surface area (Å²) in [6.45, 7) is 0. The van der Waals surface area contributed by atoms with Crippen LogP contribution in [0.25, 0.3) is 18.2 Å². The van der Waals surface area contributed by atoms with Crippen LogP contribution in [0.4, 0.5) is 5.69 Å². The van der Waals surface area contributed by atoms with Crippen molar-refractivity contribution in [3.05, 3.63) is 82.4 Å². The minimum atomic E-state index is -0.360. The second-order valence-corrected chi connectivity index (χ2v) is 7.38. The average Bonchev–Trinajstić information content (AvgIpc) is 2.83. The predicted molar refractivity (Wildman–Crippen MR) is 132 cm³/mol. The maximum atomic E-state index is 12.2. The maximum Gasteiger partial charge on any atom is 0.248 e. The molecule has 1 amide bonds. The Bertz CT molecular complexity index is 1160. The van der Waals surface area contributed by atoms with Gasteiger partial charge in [0, 0.05) is 11.1 Å². The van der Waals surface area contributed by atoms with Gasteiger partial charge in [-0.1, -0.05) is 42.0 Å². The Kier molecular flexibility index (Phi) is 8.00. The Morgan fingerprint density at radius 2 is 1.42 bits per heavy atom. The van der Waals surface area contributed by atoms with Gasteiger partial charge in [0.05, 0.1) is 27.0 Å². The highest BCUT2D eigenvalue weighted by Crippen LogP contribution is 2.38. The molecule has 0 aliphatic rings. The Morgan fingerprint density at radius 3 is 2.00 bits per heavy atom. The number of methoxy groups -OCH3 is 3. The summed E-state index contributed by atoms with van der Waals surface area (Å²) in [5.74, 6) is 1.20. The van der Waals surface area contributed by atoms with E-state index in [9.17, 15) is 9.90 Å². The van der Waals surface area contributed by atoms with Crippen molar-refractivity contribution < 1.29 is 24.1 Å². The second kappa shape index (κ2) is 11.1. The molecule has 0 spiro atoms. The van der Waals surface area contributed by atoms with Gasteiger partial charge in [0.2, 0.25) is 11.7 Å². The Hall–Kier alpha value is -3.90. The first-order valence-corrected chi connectivity index (χ1v) is 10.4. The SMILES string of the molecule is COc1cc(/C=C/c2ccc(NC(=O)/C=C/c3ccc(Cl)cc3)c(O)c2)cc(OC)c1OC. The molecular formula is C26H24ClNO5. The van der Waals surface area contributed by atoms with Crippen LogP contribution in [0.15, 0.2) is 60.7 Å². The smallest absolute Gasteiger partial charge is 0.248 e. The van der Waals surface area contributed by atoms with E-state index in [0.717, 1.165) is 16.7 Å². The molecule has 0 saturated heterocycles. The molecule has 0 aliphatic carbocycles. The number of anilines is 1. The molecule has 0 unspecified atom stereocenters. The average molecular weight is 466 g/mol. The minimum Gasteiger partial charge on any atom is -0.506 e. The third-order valence-electron chi connectivity index (χ3n) is 4.73. The van der Waals surface area contributed by atoms with E-state index in [-0.39, 0.29) is 11.7 Å². The van der Waals surface area contributed by atoms with E-state index in [1.807, 2.05) is 24.3 Å². The standard InChI is InChI=1S/C26H24ClNO5/c1-31-23-15-19(16-24(32-2)26(23)33-3)5-4-18-8-12-21(22(29)14-18)28-25(30)13-9-17-6-10-20(27)11-7-17/h4-16,29H,1-3H3,(H,28,30)/b5-4+,13-9+. The Morgan fingerprint density at radius 1 is 0.818 bits per heavy atom. The molecule has 6 nitrogen and oxygen atoms in total. The second-order valence-electron chi connectivity index (χ2n) is 6.94. The first-order chi connectivity index (χ1) is 15.9. The molecule has 0 aliphatic heterocycles. The lowest BCUT2D eigenvalue weighted by Gasteiger charge is -2.12. The molecule has 2 N–H and O–H groups in total. The normalized spacial score (nSPS) is 11.0. The molecule has 0 bridgehead atoms. The quantitative estimate of drug-likeness (QED) is 0.246. The molecule has 7 heteroatoms. The van der Waals surface area contributed by atoms with Crippen molar-refractivity contribution in [3.63, 3.8) is 0 Å². The number of carbonyl (C=O) groups excluding carboxylic acids is 1. The molecule has 0 radical (unpaired) electrons. The highest BCUT2D eigenvalue weighted by molar-refractivity contribution is 6.30. The first kappa shape index (κ1) is 23.8. The number of phenols is 1. The lowest BCUT2D eigenvalue weighted by molar-refractivity contribution is -0.111. The summed E-state index contributed by atoms with van der Waals surface area (Å²) in [4.78, 5) is 12.2. The number of carbonyl (C=O) groups is 1. The van der Waals surface area contributed by atoms with E-state index in [1.165, 1.54) is 6.08 Å². The molecule has 0 fully saturated rings. The molecule has 0 atom stereocenters. The van der Waals surface area contributed by atoms with Gasteiger partial charge in [-0.25, -0.2) is 0 Å². The van der Waals surface area contributed by atoms with Gasteiger partial charge in [-0.15, -0.1) is 0 Å². The van der Waals surface area contributed by atoms with Gasteiger partial charge in [0.15, 0.2) is 11.5 Å². The molecule has 3 aromatic carbocycles. The van der Waals surface area contributed by atoms with Crippen molar-refractivity contribution >= 4 is 41.4 Å². The Balaban J connectivity index is 1.71. The van der Waals surface area contributed by atoms with Crippen LogP contribution in [0.1, 0.15) is 16.7 Å². The minimum absolute atomic E-state index is 0.0460. The van der Waals surface area contributed by atoms with Gasteiger partial charge in [0.25, 0.3) is 0 Å². The largest absolute Gasteiger partial charge is 0.506 e. The fraction of sp³-hybridized carbons (Fsp3) is 0.115. The summed E-state index contributed by atoms with van der Waals surface area (Å²) < 4.78 is 16.1. The summed E-state index contributed by atoms with van der Waals surface area (Å²) in [5, 5.41) is 13.6. The molecule has 0 aromatic heterocycles. The van der Waals surface area contributed by atoms with Gasteiger partial charge in [0.1, 0.15) is 5.75 Å². The summed E-state index contributed by atoms with van der Waals surface area (Å²) in [7, 11) is 4.66. The fourth-order valence-electron chi connectivity index (χ4n) is 3.07. The van der Waals surface area contributed by atoms with E-state index in [0.29, 0.717) is 28.0 Å². The van der Waals surface area contributed by atoms with Crippen LogP contribution in [0.3, 0.4) is 0 Å². The number of hydrogen-bond donors (Lipinski definition) is 2. The third-order valence-corrected chi connectivity index (χ3v) is 4.98. The zero-order valence-corrected chi connectivity index (χ0v) is 19.2. The van der Waals surface area contributed by atoms with Crippen molar-refractivity contribution in [2.45, 2.75) is 0 Å². The van der Waals surface area contributed by atoms with Crippen molar-refractivity contribution in [2.24, 2.45) is 0 Å². The summed E-state index contributed by atoms with van der Waals surface area (Å²) in [6, 6.07) is 15.7. The van der Waals surface area contributed by atoms with Crippen LogP contribution in [-0.4, -0.2) is 32.3 Å². The lowest BCUT2D eigenvalue weighted by Crippen LogP contribution is -2.07. The summed E-state index contributed by atoms with van der Waals surface area (Å²) >= 11 is 5.86. The van der Waals surface area contributed by atoms with Crippen LogP contribution >= 0.6 is 11.6 Å². The number of phenolic OH excluding ortho intramolecular Hbond substituents is 1. The van der Waals surface area contributed by atoms with Crippen LogP contribution in [-0.2, 0) is 4.79 Å². The maximum absolute atomic E-state index is 12.2.